The van der Waals surface area contributed by atoms with E-state index in [0.29, 0.717) is 24.0 Å². The van der Waals surface area contributed by atoms with Crippen LogP contribution in [0.3, 0.4) is 0 Å². The van der Waals surface area contributed by atoms with Crippen LogP contribution in [0.15, 0.2) is 30.3 Å². The van der Waals surface area contributed by atoms with E-state index in [0.717, 1.165) is 24.9 Å². The van der Waals surface area contributed by atoms with Crippen molar-refractivity contribution in [2.45, 2.75) is 18.9 Å². The number of hydrogen-bond acceptors (Lipinski definition) is 3. The molecule has 1 unspecified atom stereocenters. The van der Waals surface area contributed by atoms with Crippen molar-refractivity contribution in [2.75, 3.05) is 20.1 Å². The molecule has 1 aliphatic rings. The summed E-state index contributed by atoms with van der Waals surface area (Å²) in [6.45, 7) is 1.47. The Morgan fingerprint density at radius 3 is 2.91 bits per heavy atom. The molecule has 1 amide bonds. The van der Waals surface area contributed by atoms with Gasteiger partial charge < -0.3 is 10.2 Å². The standard InChI is InChI=1S/C16H19FN4O/c1-18-13-3-2-8-21(10-13)16(22)15-9-14(19-20-15)11-4-6-12(17)7-5-11/h4-7,9,13,18H,2-3,8,10H2,1H3,(H,19,20). The number of likely N-dealkylation sites (tertiary alicyclic amines) is 1. The summed E-state index contributed by atoms with van der Waals surface area (Å²) in [5.74, 6) is -0.331. The van der Waals surface area contributed by atoms with Crippen LogP contribution in [0.5, 0.6) is 0 Å². The number of aromatic nitrogens is 2. The van der Waals surface area contributed by atoms with Gasteiger partial charge in [0.2, 0.25) is 0 Å². The van der Waals surface area contributed by atoms with E-state index < -0.39 is 0 Å². The molecule has 6 heteroatoms. The van der Waals surface area contributed by atoms with E-state index in [1.807, 2.05) is 11.9 Å². The zero-order valence-electron chi connectivity index (χ0n) is 12.5. The summed E-state index contributed by atoms with van der Waals surface area (Å²) in [6.07, 6.45) is 2.08. The summed E-state index contributed by atoms with van der Waals surface area (Å²) in [5, 5.41) is 10.2. The second-order valence-electron chi connectivity index (χ2n) is 5.55. The van der Waals surface area contributed by atoms with Crippen molar-refractivity contribution in [3.8, 4) is 11.3 Å². The summed E-state index contributed by atoms with van der Waals surface area (Å²) in [5.41, 5.74) is 1.89. The van der Waals surface area contributed by atoms with Crippen molar-refractivity contribution in [3.05, 3.63) is 41.8 Å². The molecule has 0 aliphatic carbocycles. The van der Waals surface area contributed by atoms with Gasteiger partial charge in [-0.3, -0.25) is 9.89 Å². The lowest BCUT2D eigenvalue weighted by molar-refractivity contribution is 0.0692. The molecule has 2 aromatic rings. The minimum absolute atomic E-state index is 0.0409. The van der Waals surface area contributed by atoms with Crippen LogP contribution < -0.4 is 5.32 Å². The number of halogens is 1. The van der Waals surface area contributed by atoms with Gasteiger partial charge in [-0.25, -0.2) is 4.39 Å². The minimum atomic E-state index is -0.290. The number of rotatable bonds is 3. The minimum Gasteiger partial charge on any atom is -0.336 e. The Kier molecular flexibility index (Phi) is 4.20. The summed E-state index contributed by atoms with van der Waals surface area (Å²) in [4.78, 5) is 14.4. The molecule has 1 saturated heterocycles. The number of carbonyl (C=O) groups excluding carboxylic acids is 1. The Bertz CT molecular complexity index is 652. The molecule has 0 spiro atoms. The molecule has 0 bridgehead atoms. The summed E-state index contributed by atoms with van der Waals surface area (Å²) >= 11 is 0. The topological polar surface area (TPSA) is 61.0 Å². The number of nitrogens with one attached hydrogen (secondary N) is 2. The van der Waals surface area contributed by atoms with Gasteiger partial charge in [-0.2, -0.15) is 5.10 Å². The first-order chi connectivity index (χ1) is 10.7. The van der Waals surface area contributed by atoms with Gasteiger partial charge in [0.1, 0.15) is 11.5 Å². The van der Waals surface area contributed by atoms with Crippen molar-refractivity contribution >= 4 is 5.91 Å². The molecule has 22 heavy (non-hydrogen) atoms. The first-order valence-corrected chi connectivity index (χ1v) is 7.45. The summed E-state index contributed by atoms with van der Waals surface area (Å²) in [7, 11) is 1.92. The fourth-order valence-electron chi connectivity index (χ4n) is 2.77. The number of H-pyrrole nitrogens is 1. The molecule has 0 radical (unpaired) electrons. The number of aromatic amines is 1. The second-order valence-corrected chi connectivity index (χ2v) is 5.55. The van der Waals surface area contributed by atoms with E-state index in [4.69, 9.17) is 0 Å². The van der Waals surface area contributed by atoms with E-state index in [2.05, 4.69) is 15.5 Å². The van der Waals surface area contributed by atoms with Crippen LogP contribution in [-0.2, 0) is 0 Å². The van der Waals surface area contributed by atoms with Gasteiger partial charge in [-0.1, -0.05) is 0 Å². The Morgan fingerprint density at radius 1 is 1.41 bits per heavy atom. The van der Waals surface area contributed by atoms with E-state index in [-0.39, 0.29) is 11.7 Å². The van der Waals surface area contributed by atoms with Crippen LogP contribution >= 0.6 is 0 Å². The Balaban J connectivity index is 1.75. The van der Waals surface area contributed by atoms with Gasteiger partial charge in [0.15, 0.2) is 0 Å². The van der Waals surface area contributed by atoms with E-state index in [1.165, 1.54) is 12.1 Å². The van der Waals surface area contributed by atoms with Gasteiger partial charge in [0.05, 0.1) is 5.69 Å². The highest BCUT2D eigenvalue weighted by molar-refractivity contribution is 5.93. The van der Waals surface area contributed by atoms with Crippen molar-refractivity contribution in [1.82, 2.24) is 20.4 Å². The molecule has 1 atom stereocenters. The smallest absolute Gasteiger partial charge is 0.271 e. The number of likely N-dealkylation sites (N-methyl/N-ethyl adjacent to an activating group) is 1. The first kappa shape index (κ1) is 14.7. The van der Waals surface area contributed by atoms with Crippen LogP contribution in [0, 0.1) is 5.82 Å². The van der Waals surface area contributed by atoms with Crippen molar-refractivity contribution in [3.63, 3.8) is 0 Å². The number of nitrogens with zero attached hydrogens (tertiary/aromatic N) is 2. The van der Waals surface area contributed by atoms with Crippen LogP contribution in [-0.4, -0.2) is 47.2 Å². The van der Waals surface area contributed by atoms with Crippen molar-refractivity contribution in [2.24, 2.45) is 0 Å². The fraction of sp³-hybridized carbons (Fsp3) is 0.375. The molecular formula is C16H19FN4O. The highest BCUT2D eigenvalue weighted by Gasteiger charge is 2.24. The summed E-state index contributed by atoms with van der Waals surface area (Å²) in [6, 6.07) is 8.13. The van der Waals surface area contributed by atoms with Gasteiger partial charge in [-0.05, 0) is 50.2 Å². The lowest BCUT2D eigenvalue weighted by atomic mass is 10.1. The average Bonchev–Trinajstić information content (AvgIpc) is 3.05. The van der Waals surface area contributed by atoms with Gasteiger partial charge >= 0.3 is 0 Å². The maximum absolute atomic E-state index is 13.0. The van der Waals surface area contributed by atoms with Gasteiger partial charge in [-0.15, -0.1) is 0 Å². The monoisotopic (exact) mass is 302 g/mol. The number of piperidine rings is 1. The first-order valence-electron chi connectivity index (χ1n) is 7.45. The zero-order chi connectivity index (χ0) is 15.5. The Morgan fingerprint density at radius 2 is 2.18 bits per heavy atom. The van der Waals surface area contributed by atoms with E-state index in [1.54, 1.807) is 18.2 Å². The van der Waals surface area contributed by atoms with E-state index in [9.17, 15) is 9.18 Å². The predicted octanol–water partition coefficient (Wildman–Crippen LogP) is 2.04. The third kappa shape index (κ3) is 3.01. The molecule has 3 rings (SSSR count). The molecule has 2 heterocycles. The molecule has 116 valence electrons. The molecule has 1 aliphatic heterocycles. The highest BCUT2D eigenvalue weighted by atomic mass is 19.1. The Hall–Kier alpha value is -2.21. The molecule has 0 saturated carbocycles. The number of amides is 1. The van der Waals surface area contributed by atoms with Crippen molar-refractivity contribution in [1.29, 1.82) is 0 Å². The third-order valence-corrected chi connectivity index (χ3v) is 4.07. The highest BCUT2D eigenvalue weighted by Crippen LogP contribution is 2.20. The average molecular weight is 302 g/mol. The number of carbonyl (C=O) groups is 1. The molecule has 5 nitrogen and oxygen atoms in total. The molecule has 2 N–H and O–H groups in total. The van der Waals surface area contributed by atoms with Crippen LogP contribution in [0.1, 0.15) is 23.3 Å². The van der Waals surface area contributed by atoms with Crippen LogP contribution in [0.2, 0.25) is 0 Å². The largest absolute Gasteiger partial charge is 0.336 e. The predicted molar refractivity (Wildman–Crippen MR) is 82.0 cm³/mol. The van der Waals surface area contributed by atoms with Gasteiger partial charge in [0.25, 0.3) is 5.91 Å². The maximum atomic E-state index is 13.0. The van der Waals surface area contributed by atoms with Crippen LogP contribution in [0.4, 0.5) is 4.39 Å². The molecule has 1 aromatic heterocycles. The molecular weight excluding hydrogens is 283 g/mol. The molecule has 1 fully saturated rings. The Labute approximate surface area is 128 Å². The SMILES string of the molecule is CNC1CCCN(C(=O)c2cc(-c3ccc(F)cc3)n[nH]2)C1. The van der Waals surface area contributed by atoms with Crippen LogP contribution in [0.25, 0.3) is 11.3 Å². The van der Waals surface area contributed by atoms with Gasteiger partial charge in [0, 0.05) is 24.7 Å². The maximum Gasteiger partial charge on any atom is 0.271 e. The fourth-order valence-corrected chi connectivity index (χ4v) is 2.77. The zero-order valence-corrected chi connectivity index (χ0v) is 12.5. The normalized spacial score (nSPS) is 18.5. The lowest BCUT2D eigenvalue weighted by Gasteiger charge is -2.32. The number of benzene rings is 1. The van der Waals surface area contributed by atoms with E-state index >= 15 is 0 Å². The number of hydrogen-bond donors (Lipinski definition) is 2. The summed E-state index contributed by atoms with van der Waals surface area (Å²) < 4.78 is 13.0. The molecule has 1 aromatic carbocycles. The lowest BCUT2D eigenvalue weighted by Crippen LogP contribution is -2.47. The quantitative estimate of drug-likeness (QED) is 0.912. The van der Waals surface area contributed by atoms with Crippen molar-refractivity contribution < 1.29 is 9.18 Å². The third-order valence-electron chi connectivity index (χ3n) is 4.07. The second kappa shape index (κ2) is 6.27.